The lowest BCUT2D eigenvalue weighted by molar-refractivity contribution is 0.401. The predicted molar refractivity (Wildman–Crippen MR) is 79.7 cm³/mol. The monoisotopic (exact) mass is 250 g/mol. The fraction of sp³-hybridized carbons (Fsp3) is 0.222. The van der Waals surface area contributed by atoms with Crippen LogP contribution in [0.3, 0.4) is 0 Å². The summed E-state index contributed by atoms with van der Waals surface area (Å²) in [4.78, 5) is 0. The van der Waals surface area contributed by atoms with Crippen LogP contribution in [-0.2, 0) is 0 Å². The van der Waals surface area contributed by atoms with E-state index in [1.165, 1.54) is 5.57 Å². The Kier molecular flexibility index (Phi) is 3.37. The van der Waals surface area contributed by atoms with Crippen LogP contribution < -0.4 is 0 Å². The molecule has 0 radical (unpaired) electrons. The maximum absolute atomic E-state index is 10.4. The van der Waals surface area contributed by atoms with Crippen LogP contribution in [0, 0.1) is 5.92 Å². The molecule has 3 rings (SSSR count). The van der Waals surface area contributed by atoms with Gasteiger partial charge in [-0.25, -0.2) is 0 Å². The molecule has 0 bridgehead atoms. The largest absolute Gasteiger partial charge is 0.507 e. The molecule has 1 N–H and O–H groups in total. The van der Waals surface area contributed by atoms with Crippen LogP contribution in [-0.4, -0.2) is 5.11 Å². The average molecular weight is 250 g/mol. The van der Waals surface area contributed by atoms with E-state index in [-0.39, 0.29) is 0 Å². The van der Waals surface area contributed by atoms with E-state index in [9.17, 15) is 5.11 Å². The molecule has 0 aromatic heterocycles. The zero-order chi connectivity index (χ0) is 13.1. The minimum absolute atomic E-state index is 0.343. The summed E-state index contributed by atoms with van der Waals surface area (Å²) >= 11 is 0. The van der Waals surface area contributed by atoms with Crippen LogP contribution in [0.1, 0.15) is 19.3 Å². The Labute approximate surface area is 114 Å². The van der Waals surface area contributed by atoms with Crippen LogP contribution in [0.25, 0.3) is 0 Å². The number of aliphatic hydroxyl groups excluding tert-OH is 1. The lowest BCUT2D eigenvalue weighted by atomic mass is 9.90. The van der Waals surface area contributed by atoms with Crippen molar-refractivity contribution in [2.45, 2.75) is 19.3 Å². The first-order valence-electron chi connectivity index (χ1n) is 6.87. The highest BCUT2D eigenvalue weighted by atomic mass is 16.3. The Balaban J connectivity index is 1.88. The van der Waals surface area contributed by atoms with Gasteiger partial charge in [0.15, 0.2) is 0 Å². The Morgan fingerprint density at radius 1 is 1.00 bits per heavy atom. The number of hydrogen-bond acceptors (Lipinski definition) is 1. The minimum Gasteiger partial charge on any atom is -0.507 e. The fourth-order valence-electron chi connectivity index (χ4n) is 2.69. The van der Waals surface area contributed by atoms with E-state index in [0.717, 1.165) is 30.4 Å². The molecule has 0 saturated carbocycles. The summed E-state index contributed by atoms with van der Waals surface area (Å²) in [7, 11) is 0. The molecule has 3 aliphatic carbocycles. The summed E-state index contributed by atoms with van der Waals surface area (Å²) in [5, 5.41) is 10.4. The maximum atomic E-state index is 10.4. The number of rotatable bonds is 2. The van der Waals surface area contributed by atoms with E-state index in [2.05, 4.69) is 48.6 Å². The topological polar surface area (TPSA) is 20.2 Å². The first-order valence-corrected chi connectivity index (χ1v) is 6.87. The van der Waals surface area contributed by atoms with Crippen molar-refractivity contribution < 1.29 is 5.11 Å². The average Bonchev–Trinajstić information content (AvgIpc) is 3.07. The maximum Gasteiger partial charge on any atom is 0.121 e. The van der Waals surface area contributed by atoms with E-state index in [0.29, 0.717) is 11.7 Å². The third-order valence-corrected chi connectivity index (χ3v) is 3.70. The number of allylic oxidation sites excluding steroid dienone is 13. The molecule has 0 unspecified atom stereocenters. The van der Waals surface area contributed by atoms with Crippen LogP contribution >= 0.6 is 0 Å². The molecule has 1 heteroatoms. The van der Waals surface area contributed by atoms with Gasteiger partial charge in [0.1, 0.15) is 5.76 Å². The molecule has 0 amide bonds. The van der Waals surface area contributed by atoms with E-state index in [4.69, 9.17) is 0 Å². The molecule has 0 spiro atoms. The van der Waals surface area contributed by atoms with Gasteiger partial charge >= 0.3 is 0 Å². The van der Waals surface area contributed by atoms with Gasteiger partial charge < -0.3 is 5.11 Å². The molecule has 96 valence electrons. The molecule has 19 heavy (non-hydrogen) atoms. The Bertz CT molecular complexity index is 551. The van der Waals surface area contributed by atoms with Gasteiger partial charge in [0.25, 0.3) is 0 Å². The van der Waals surface area contributed by atoms with E-state index < -0.39 is 0 Å². The van der Waals surface area contributed by atoms with Crippen molar-refractivity contribution >= 4 is 0 Å². The summed E-state index contributed by atoms with van der Waals surface area (Å²) in [5.41, 5.74) is 3.32. The Morgan fingerprint density at radius 3 is 2.47 bits per heavy atom. The van der Waals surface area contributed by atoms with Gasteiger partial charge in [0.05, 0.1) is 0 Å². The highest BCUT2D eigenvalue weighted by Crippen LogP contribution is 2.31. The van der Waals surface area contributed by atoms with Crippen molar-refractivity contribution in [3.63, 3.8) is 0 Å². The molecule has 0 aromatic carbocycles. The Morgan fingerprint density at radius 2 is 1.74 bits per heavy atom. The molecule has 0 heterocycles. The standard InChI is InChI=1S/C18H18O/c19-18-16(12-14-6-1-2-7-14)10-5-11-17(18)13-15-8-3-4-9-15/h1-4,6-9,12-14,19H,5,10-11H2/b16-12+. The van der Waals surface area contributed by atoms with Crippen molar-refractivity contribution in [3.8, 4) is 0 Å². The third kappa shape index (κ3) is 2.70. The van der Waals surface area contributed by atoms with Crippen molar-refractivity contribution in [1.29, 1.82) is 0 Å². The van der Waals surface area contributed by atoms with Crippen LogP contribution in [0.4, 0.5) is 0 Å². The first kappa shape index (κ1) is 12.0. The van der Waals surface area contributed by atoms with Crippen LogP contribution in [0.15, 0.2) is 83.2 Å². The van der Waals surface area contributed by atoms with Crippen molar-refractivity contribution in [2.75, 3.05) is 0 Å². The smallest absolute Gasteiger partial charge is 0.121 e. The molecular formula is C18H18O. The van der Waals surface area contributed by atoms with E-state index >= 15 is 0 Å². The summed E-state index contributed by atoms with van der Waals surface area (Å²) < 4.78 is 0. The highest BCUT2D eigenvalue weighted by Gasteiger charge is 2.16. The molecule has 0 aliphatic heterocycles. The van der Waals surface area contributed by atoms with Crippen molar-refractivity contribution in [2.24, 2.45) is 5.92 Å². The lowest BCUT2D eigenvalue weighted by Crippen LogP contribution is -2.03. The summed E-state index contributed by atoms with van der Waals surface area (Å²) in [6, 6.07) is 0. The second-order valence-electron chi connectivity index (χ2n) is 5.13. The quantitative estimate of drug-likeness (QED) is 0.753. The second-order valence-corrected chi connectivity index (χ2v) is 5.13. The summed E-state index contributed by atoms with van der Waals surface area (Å²) in [5.74, 6) is 0.830. The third-order valence-electron chi connectivity index (χ3n) is 3.70. The normalized spacial score (nSPS) is 24.2. The summed E-state index contributed by atoms with van der Waals surface area (Å²) in [6.07, 6.45) is 23.9. The fourth-order valence-corrected chi connectivity index (χ4v) is 2.69. The minimum atomic E-state index is 0.343. The highest BCUT2D eigenvalue weighted by molar-refractivity contribution is 5.48. The van der Waals surface area contributed by atoms with Gasteiger partial charge in [-0.2, -0.15) is 0 Å². The molecule has 1 nitrogen and oxygen atoms in total. The van der Waals surface area contributed by atoms with Gasteiger partial charge in [0.2, 0.25) is 0 Å². The summed E-state index contributed by atoms with van der Waals surface area (Å²) in [6.45, 7) is 0. The molecule has 3 aliphatic rings. The van der Waals surface area contributed by atoms with Crippen molar-refractivity contribution in [3.05, 3.63) is 83.2 Å². The van der Waals surface area contributed by atoms with Crippen molar-refractivity contribution in [1.82, 2.24) is 0 Å². The molecule has 0 saturated heterocycles. The van der Waals surface area contributed by atoms with Gasteiger partial charge in [-0.1, -0.05) is 54.7 Å². The zero-order valence-electron chi connectivity index (χ0n) is 10.9. The van der Waals surface area contributed by atoms with E-state index in [1.54, 1.807) is 0 Å². The molecular weight excluding hydrogens is 232 g/mol. The second kappa shape index (κ2) is 5.31. The van der Waals surface area contributed by atoms with Gasteiger partial charge in [-0.3, -0.25) is 0 Å². The van der Waals surface area contributed by atoms with Gasteiger partial charge in [-0.05, 0) is 42.1 Å². The molecule has 0 fully saturated rings. The number of aliphatic hydroxyl groups is 1. The molecule has 0 aromatic rings. The first-order chi connectivity index (χ1) is 9.33. The lowest BCUT2D eigenvalue weighted by Gasteiger charge is -2.18. The zero-order valence-corrected chi connectivity index (χ0v) is 10.9. The Hall–Kier alpha value is -2.02. The van der Waals surface area contributed by atoms with Gasteiger partial charge in [0, 0.05) is 5.92 Å². The van der Waals surface area contributed by atoms with E-state index in [1.807, 2.05) is 12.2 Å². The van der Waals surface area contributed by atoms with Crippen LogP contribution in [0.2, 0.25) is 0 Å². The number of hydrogen-bond donors (Lipinski definition) is 1. The van der Waals surface area contributed by atoms with Gasteiger partial charge in [-0.15, -0.1) is 0 Å². The SMILES string of the molecule is OC1=C(C=C2C=CC=C2)CCC/C1=C\C1C=CC=C1. The predicted octanol–water partition coefficient (Wildman–Crippen LogP) is 4.70. The molecule has 0 atom stereocenters. The van der Waals surface area contributed by atoms with Crippen LogP contribution in [0.5, 0.6) is 0 Å².